The number of anilines is 1. The predicted molar refractivity (Wildman–Crippen MR) is 115 cm³/mol. The van der Waals surface area contributed by atoms with Crippen molar-refractivity contribution in [3.8, 4) is 11.1 Å². The second-order valence-corrected chi connectivity index (χ2v) is 9.90. The minimum absolute atomic E-state index is 0.517. The minimum Gasteiger partial charge on any atom is -0.399 e. The molecule has 2 aromatic carbocycles. The molecular weight excluding hydrogens is 328 g/mol. The molecule has 0 aromatic heterocycles. The van der Waals surface area contributed by atoms with Crippen molar-refractivity contribution in [3.05, 3.63) is 65.7 Å². The summed E-state index contributed by atoms with van der Waals surface area (Å²) in [5.74, 6) is 1.72. The monoisotopic (exact) mass is 361 g/mol. The number of hydrogen-bond donors (Lipinski definition) is 1. The quantitative estimate of drug-likeness (QED) is 0.424. The maximum atomic E-state index is 5.92. The second kappa shape index (κ2) is 6.53. The molecule has 2 atom stereocenters. The zero-order chi connectivity index (χ0) is 19.2. The van der Waals surface area contributed by atoms with Gasteiger partial charge in [-0.15, -0.1) is 0 Å². The molecule has 0 saturated heterocycles. The molecule has 2 nitrogen and oxygen atoms in total. The van der Waals surface area contributed by atoms with Crippen LogP contribution in [0.4, 0.5) is 5.69 Å². The first-order valence-corrected chi connectivity index (χ1v) is 10.2. The Kier molecular flexibility index (Phi) is 4.43. The molecule has 2 N–H and O–H groups in total. The maximum Gasteiger partial charge on any atom is 0.104 e. The van der Waals surface area contributed by atoms with Gasteiger partial charge in [0.25, 0.3) is 0 Å². The Hall–Kier alpha value is -2.06. The highest BCUT2D eigenvalue weighted by molar-refractivity contribution is 5.67. The van der Waals surface area contributed by atoms with Crippen LogP contribution in [0.3, 0.4) is 0 Å². The van der Waals surface area contributed by atoms with E-state index in [0.29, 0.717) is 5.41 Å². The van der Waals surface area contributed by atoms with E-state index < -0.39 is 0 Å². The number of quaternary nitrogens is 1. The number of nitrogens with zero attached hydrogens (tertiary/aromatic N) is 1. The predicted octanol–water partition coefficient (Wildman–Crippen LogP) is 5.50. The molecule has 3 aliphatic carbocycles. The molecule has 3 aliphatic rings. The number of allylic oxidation sites excluding steroid dienone is 1. The van der Waals surface area contributed by atoms with E-state index in [1.807, 2.05) is 18.2 Å². The Morgan fingerprint density at radius 2 is 1.74 bits per heavy atom. The van der Waals surface area contributed by atoms with Gasteiger partial charge in [0.1, 0.15) is 13.1 Å². The van der Waals surface area contributed by atoms with E-state index in [0.717, 1.165) is 35.1 Å². The van der Waals surface area contributed by atoms with Crippen molar-refractivity contribution >= 4 is 5.69 Å². The molecule has 0 spiro atoms. The number of likely N-dealkylation sites (N-methyl/N-ethyl adjacent to an activating group) is 1. The summed E-state index contributed by atoms with van der Waals surface area (Å²) in [6.45, 7) is 7.16. The normalized spacial score (nSPS) is 23.5. The summed E-state index contributed by atoms with van der Waals surface area (Å²) < 4.78 is 1.01. The largest absolute Gasteiger partial charge is 0.399 e. The molecule has 1 fully saturated rings. The molecule has 2 aromatic rings. The van der Waals surface area contributed by atoms with Crippen molar-refractivity contribution in [1.29, 1.82) is 0 Å². The van der Waals surface area contributed by atoms with Crippen LogP contribution in [0.25, 0.3) is 11.1 Å². The SMILES string of the molecule is CC1(C)[C@H]2CC=C(C[N+](C)(C)Cc3ccc(-c4cccc(N)c4)cc3)[C@@H]1C2. The third-order valence-electron chi connectivity index (χ3n) is 6.98. The smallest absolute Gasteiger partial charge is 0.104 e. The number of nitrogen functional groups attached to an aromatic ring is 1. The Labute approximate surface area is 164 Å². The lowest BCUT2D eigenvalue weighted by molar-refractivity contribution is -0.899. The number of rotatable bonds is 5. The topological polar surface area (TPSA) is 26.0 Å². The fourth-order valence-corrected chi connectivity index (χ4v) is 5.22. The van der Waals surface area contributed by atoms with Gasteiger partial charge in [0.15, 0.2) is 0 Å². The summed E-state index contributed by atoms with van der Waals surface area (Å²) in [6.07, 6.45) is 5.24. The van der Waals surface area contributed by atoms with Crippen LogP contribution in [0.15, 0.2) is 60.2 Å². The van der Waals surface area contributed by atoms with Crippen LogP contribution in [0.5, 0.6) is 0 Å². The van der Waals surface area contributed by atoms with Gasteiger partial charge in [0.2, 0.25) is 0 Å². The zero-order valence-corrected chi connectivity index (χ0v) is 17.2. The molecule has 27 heavy (non-hydrogen) atoms. The number of benzene rings is 2. The van der Waals surface area contributed by atoms with E-state index in [1.54, 1.807) is 5.57 Å². The highest BCUT2D eigenvalue weighted by atomic mass is 15.3. The Bertz CT molecular complexity index is 858. The summed E-state index contributed by atoms with van der Waals surface area (Å²) in [5, 5.41) is 0. The van der Waals surface area contributed by atoms with E-state index in [-0.39, 0.29) is 0 Å². The first-order valence-electron chi connectivity index (χ1n) is 10.2. The average molecular weight is 362 g/mol. The van der Waals surface area contributed by atoms with Crippen molar-refractivity contribution < 1.29 is 4.48 Å². The zero-order valence-electron chi connectivity index (χ0n) is 17.2. The van der Waals surface area contributed by atoms with Gasteiger partial charge in [-0.3, -0.25) is 0 Å². The van der Waals surface area contributed by atoms with E-state index in [2.05, 4.69) is 64.4 Å². The highest BCUT2D eigenvalue weighted by Gasteiger charge is 2.52. The van der Waals surface area contributed by atoms with Crippen LogP contribution in [-0.4, -0.2) is 25.1 Å². The first-order chi connectivity index (χ1) is 12.7. The van der Waals surface area contributed by atoms with Gasteiger partial charge in [-0.2, -0.15) is 0 Å². The average Bonchev–Trinajstić information content (AvgIpc) is 2.61. The lowest BCUT2D eigenvalue weighted by Gasteiger charge is -2.57. The van der Waals surface area contributed by atoms with Gasteiger partial charge in [-0.05, 0) is 58.9 Å². The second-order valence-electron chi connectivity index (χ2n) is 9.90. The molecular formula is C25H33N2+. The molecule has 5 rings (SSSR count). The molecule has 0 radical (unpaired) electrons. The Morgan fingerprint density at radius 3 is 2.37 bits per heavy atom. The van der Waals surface area contributed by atoms with Crippen molar-refractivity contribution in [3.63, 3.8) is 0 Å². The van der Waals surface area contributed by atoms with Crippen molar-refractivity contribution in [1.82, 2.24) is 0 Å². The summed E-state index contributed by atoms with van der Waals surface area (Å²) in [7, 11) is 4.73. The number of fused-ring (bicyclic) bond motifs is 1. The number of nitrogens with two attached hydrogens (primary N) is 1. The van der Waals surface area contributed by atoms with Crippen molar-refractivity contribution in [2.75, 3.05) is 26.4 Å². The van der Waals surface area contributed by atoms with E-state index in [9.17, 15) is 0 Å². The van der Waals surface area contributed by atoms with Crippen LogP contribution in [-0.2, 0) is 6.54 Å². The standard InChI is InChI=1S/C25H33N2/c1-25(2)22-13-12-21(24(25)15-22)17-27(3,4)16-18-8-10-19(11-9-18)20-6-5-7-23(26)14-20/h5-12,14,22,24H,13,15-17,26H2,1-4H3/q+1/t22-,24-/m0/s1. The fourth-order valence-electron chi connectivity index (χ4n) is 5.22. The summed E-state index contributed by atoms with van der Waals surface area (Å²) in [4.78, 5) is 0. The van der Waals surface area contributed by atoms with E-state index in [1.165, 1.54) is 29.5 Å². The molecule has 1 saturated carbocycles. The molecule has 142 valence electrons. The van der Waals surface area contributed by atoms with Gasteiger partial charge in [0, 0.05) is 11.3 Å². The molecule has 0 aliphatic heterocycles. The fraction of sp³-hybridized carbons (Fsp3) is 0.440. The van der Waals surface area contributed by atoms with E-state index in [4.69, 9.17) is 5.73 Å². The lowest BCUT2D eigenvalue weighted by atomic mass is 9.49. The van der Waals surface area contributed by atoms with Crippen LogP contribution < -0.4 is 5.73 Å². The van der Waals surface area contributed by atoms with Gasteiger partial charge < -0.3 is 10.2 Å². The van der Waals surface area contributed by atoms with Crippen LogP contribution in [0.1, 0.15) is 32.3 Å². The third-order valence-corrected chi connectivity index (χ3v) is 6.98. The number of hydrogen-bond acceptors (Lipinski definition) is 1. The summed E-state index contributed by atoms with van der Waals surface area (Å²) in [6, 6.07) is 17.1. The lowest BCUT2D eigenvalue weighted by Crippen LogP contribution is -2.52. The Morgan fingerprint density at radius 1 is 1.00 bits per heavy atom. The van der Waals surface area contributed by atoms with E-state index >= 15 is 0 Å². The molecule has 2 bridgehead atoms. The minimum atomic E-state index is 0.517. The third kappa shape index (κ3) is 3.55. The van der Waals surface area contributed by atoms with Crippen LogP contribution >= 0.6 is 0 Å². The Balaban J connectivity index is 1.44. The highest BCUT2D eigenvalue weighted by Crippen LogP contribution is 2.59. The van der Waals surface area contributed by atoms with Crippen LogP contribution in [0, 0.1) is 17.3 Å². The molecule has 0 unspecified atom stereocenters. The van der Waals surface area contributed by atoms with Gasteiger partial charge >= 0.3 is 0 Å². The van der Waals surface area contributed by atoms with Crippen molar-refractivity contribution in [2.24, 2.45) is 17.3 Å². The molecule has 0 amide bonds. The van der Waals surface area contributed by atoms with Gasteiger partial charge in [0.05, 0.1) is 14.1 Å². The first kappa shape index (κ1) is 18.3. The maximum absolute atomic E-state index is 5.92. The van der Waals surface area contributed by atoms with Crippen LogP contribution in [0.2, 0.25) is 0 Å². The summed E-state index contributed by atoms with van der Waals surface area (Å²) in [5.41, 5.74) is 12.8. The van der Waals surface area contributed by atoms with Gasteiger partial charge in [-0.25, -0.2) is 0 Å². The summed E-state index contributed by atoms with van der Waals surface area (Å²) >= 11 is 0. The van der Waals surface area contributed by atoms with Gasteiger partial charge in [-0.1, -0.05) is 56.3 Å². The van der Waals surface area contributed by atoms with Crippen molar-refractivity contribution in [2.45, 2.75) is 33.2 Å². The molecule has 0 heterocycles. The molecule has 2 heteroatoms.